The Hall–Kier alpha value is -2.76. The molecule has 2 aliphatic rings. The summed E-state index contributed by atoms with van der Waals surface area (Å²) in [5.74, 6) is 1.62. The summed E-state index contributed by atoms with van der Waals surface area (Å²) < 4.78 is 10.4. The molecule has 0 spiro atoms. The summed E-state index contributed by atoms with van der Waals surface area (Å²) in [7, 11) is 0. The Morgan fingerprint density at radius 2 is 1.74 bits per heavy atom. The van der Waals surface area contributed by atoms with Crippen LogP contribution in [0.15, 0.2) is 0 Å². The molecular formula is C25H39N3O6. The maximum absolute atomic E-state index is 12.7. The van der Waals surface area contributed by atoms with Crippen LogP contribution in [0.1, 0.15) is 66.2 Å². The smallest absolute Gasteiger partial charge is 0.410 e. The van der Waals surface area contributed by atoms with Gasteiger partial charge in [0.1, 0.15) is 11.6 Å². The van der Waals surface area contributed by atoms with Crippen molar-refractivity contribution >= 4 is 23.9 Å². The number of piperidine rings is 1. The topological polar surface area (TPSA) is 105 Å². The van der Waals surface area contributed by atoms with Gasteiger partial charge in [0.2, 0.25) is 11.8 Å². The molecule has 34 heavy (non-hydrogen) atoms. The van der Waals surface area contributed by atoms with E-state index in [4.69, 9.17) is 15.9 Å². The molecule has 2 heterocycles. The zero-order valence-corrected chi connectivity index (χ0v) is 20.9. The lowest BCUT2D eigenvalue weighted by molar-refractivity contribution is -0.147. The van der Waals surface area contributed by atoms with Gasteiger partial charge in [0, 0.05) is 39.0 Å². The lowest BCUT2D eigenvalue weighted by atomic mass is 9.92. The molecule has 3 amide bonds. The summed E-state index contributed by atoms with van der Waals surface area (Å²) in [5, 5.41) is 2.68. The maximum Gasteiger partial charge on any atom is 0.410 e. The molecule has 0 aromatic heterocycles. The average Bonchev–Trinajstić information content (AvgIpc) is 3.27. The fourth-order valence-corrected chi connectivity index (χ4v) is 4.26. The largest absolute Gasteiger partial charge is 0.464 e. The molecule has 1 N–H and O–H groups in total. The third-order valence-corrected chi connectivity index (χ3v) is 6.15. The zero-order chi connectivity index (χ0) is 25.3. The predicted octanol–water partition coefficient (Wildman–Crippen LogP) is 2.33. The van der Waals surface area contributed by atoms with Gasteiger partial charge in [-0.2, -0.15) is 0 Å². The number of likely N-dealkylation sites (tertiary alicyclic amines) is 2. The van der Waals surface area contributed by atoms with Crippen molar-refractivity contribution in [3.63, 3.8) is 0 Å². The first-order chi connectivity index (χ1) is 16.0. The van der Waals surface area contributed by atoms with Crippen molar-refractivity contribution in [2.45, 2.75) is 77.9 Å². The van der Waals surface area contributed by atoms with E-state index in [1.165, 1.54) is 0 Å². The zero-order valence-electron chi connectivity index (χ0n) is 20.9. The normalized spacial score (nSPS) is 19.8. The summed E-state index contributed by atoms with van der Waals surface area (Å²) in [5.41, 5.74) is -0.508. The van der Waals surface area contributed by atoms with E-state index < -0.39 is 17.6 Å². The number of carbonyl (C=O) groups excluding carboxylic acids is 4. The van der Waals surface area contributed by atoms with E-state index in [-0.39, 0.29) is 36.9 Å². The first-order valence-corrected chi connectivity index (χ1v) is 12.2. The second-order valence-electron chi connectivity index (χ2n) is 10.00. The molecule has 9 nitrogen and oxygen atoms in total. The first-order valence-electron chi connectivity index (χ1n) is 12.2. The van der Waals surface area contributed by atoms with E-state index in [0.29, 0.717) is 44.9 Å². The summed E-state index contributed by atoms with van der Waals surface area (Å²) >= 11 is 0. The number of carbonyl (C=O) groups is 4. The maximum atomic E-state index is 12.7. The molecule has 2 atom stereocenters. The first kappa shape index (κ1) is 27.5. The summed E-state index contributed by atoms with van der Waals surface area (Å²) in [6.07, 6.45) is 8.53. The van der Waals surface area contributed by atoms with Crippen LogP contribution in [0.3, 0.4) is 0 Å². The van der Waals surface area contributed by atoms with Crippen LogP contribution in [0, 0.1) is 24.2 Å². The summed E-state index contributed by atoms with van der Waals surface area (Å²) in [4.78, 5) is 53.0. The fraction of sp³-hybridized carbons (Fsp3) is 0.760. The number of terminal acetylenes is 1. The molecule has 0 aliphatic carbocycles. The predicted molar refractivity (Wildman–Crippen MR) is 126 cm³/mol. The highest BCUT2D eigenvalue weighted by Gasteiger charge is 2.34. The van der Waals surface area contributed by atoms with E-state index >= 15 is 0 Å². The van der Waals surface area contributed by atoms with Gasteiger partial charge in [-0.25, -0.2) is 9.59 Å². The minimum Gasteiger partial charge on any atom is -0.464 e. The quantitative estimate of drug-likeness (QED) is 0.425. The van der Waals surface area contributed by atoms with Gasteiger partial charge in [0.15, 0.2) is 0 Å². The summed E-state index contributed by atoms with van der Waals surface area (Å²) in [6.45, 7) is 9.60. The van der Waals surface area contributed by atoms with Crippen molar-refractivity contribution in [3.05, 3.63) is 0 Å². The number of ether oxygens (including phenoxy) is 2. The molecule has 2 saturated heterocycles. The van der Waals surface area contributed by atoms with Gasteiger partial charge in [-0.1, -0.05) is 0 Å². The molecule has 9 heteroatoms. The Balaban J connectivity index is 1.73. The van der Waals surface area contributed by atoms with Crippen LogP contribution in [0.25, 0.3) is 0 Å². The standard InChI is InChI=1S/C25H39N3O6/c1-6-8-20(23(31)33-7-2)26-22(30)19-13-16-28(17-19)21(29)10-9-18-11-14-27(15-12-18)24(32)34-25(3,4)5/h1,18-20H,7-17H2,2-5H3,(H,26,30)/t19?,20-/m0/s1. The molecule has 190 valence electrons. The number of amides is 3. The van der Waals surface area contributed by atoms with Gasteiger partial charge >= 0.3 is 12.1 Å². The Labute approximate surface area is 202 Å². The van der Waals surface area contributed by atoms with Gasteiger partial charge in [0.25, 0.3) is 0 Å². The van der Waals surface area contributed by atoms with Gasteiger partial charge in [-0.05, 0) is 59.3 Å². The molecule has 2 fully saturated rings. The molecule has 2 aliphatic heterocycles. The third kappa shape index (κ3) is 8.54. The van der Waals surface area contributed by atoms with E-state index in [0.717, 1.165) is 19.3 Å². The third-order valence-electron chi connectivity index (χ3n) is 6.15. The Kier molecular flexibility index (Phi) is 10.2. The lowest BCUT2D eigenvalue weighted by Gasteiger charge is -2.33. The van der Waals surface area contributed by atoms with E-state index in [1.807, 2.05) is 20.8 Å². The Morgan fingerprint density at radius 3 is 2.32 bits per heavy atom. The minimum absolute atomic E-state index is 0.0374. The summed E-state index contributed by atoms with van der Waals surface area (Å²) in [6, 6.07) is -0.867. The fourth-order valence-electron chi connectivity index (χ4n) is 4.26. The molecule has 1 unspecified atom stereocenters. The van der Waals surface area contributed by atoms with Crippen molar-refractivity contribution in [1.29, 1.82) is 0 Å². The number of esters is 1. The SMILES string of the molecule is C#CC[C@H](NC(=O)C1CCN(C(=O)CCC2CCN(C(=O)OC(C)(C)C)CC2)C1)C(=O)OCC. The van der Waals surface area contributed by atoms with Gasteiger partial charge in [-0.15, -0.1) is 12.3 Å². The van der Waals surface area contributed by atoms with Crippen LogP contribution in [0.5, 0.6) is 0 Å². The van der Waals surface area contributed by atoms with E-state index in [9.17, 15) is 19.2 Å². The molecule has 0 aromatic carbocycles. The van der Waals surface area contributed by atoms with E-state index in [2.05, 4.69) is 11.2 Å². The number of hydrogen-bond donors (Lipinski definition) is 1. The van der Waals surface area contributed by atoms with Crippen LogP contribution in [-0.2, 0) is 23.9 Å². The van der Waals surface area contributed by atoms with Crippen molar-refractivity contribution < 1.29 is 28.7 Å². The van der Waals surface area contributed by atoms with Crippen LogP contribution >= 0.6 is 0 Å². The molecule has 0 bridgehead atoms. The van der Waals surface area contributed by atoms with Crippen molar-refractivity contribution in [2.24, 2.45) is 11.8 Å². The lowest BCUT2D eigenvalue weighted by Crippen LogP contribution is -2.45. The van der Waals surface area contributed by atoms with Gasteiger partial charge in [0.05, 0.1) is 12.5 Å². The van der Waals surface area contributed by atoms with Crippen molar-refractivity contribution in [3.8, 4) is 12.3 Å². The highest BCUT2D eigenvalue weighted by atomic mass is 16.6. The molecule has 0 saturated carbocycles. The van der Waals surface area contributed by atoms with Gasteiger partial charge < -0.3 is 24.6 Å². The number of nitrogens with one attached hydrogen (secondary N) is 1. The molecular weight excluding hydrogens is 438 g/mol. The highest BCUT2D eigenvalue weighted by molar-refractivity contribution is 5.87. The second-order valence-corrected chi connectivity index (χ2v) is 10.00. The van der Waals surface area contributed by atoms with E-state index in [1.54, 1.807) is 16.7 Å². The molecule has 2 rings (SSSR count). The van der Waals surface area contributed by atoms with Crippen molar-refractivity contribution in [1.82, 2.24) is 15.1 Å². The molecule has 0 aromatic rings. The van der Waals surface area contributed by atoms with Crippen LogP contribution in [0.4, 0.5) is 4.79 Å². The van der Waals surface area contributed by atoms with Gasteiger partial charge in [-0.3, -0.25) is 9.59 Å². The minimum atomic E-state index is -0.867. The second kappa shape index (κ2) is 12.6. The van der Waals surface area contributed by atoms with Crippen LogP contribution in [0.2, 0.25) is 0 Å². The van der Waals surface area contributed by atoms with Crippen LogP contribution in [-0.4, -0.2) is 78.1 Å². The molecule has 0 radical (unpaired) electrons. The highest BCUT2D eigenvalue weighted by Crippen LogP contribution is 2.25. The number of nitrogens with zero attached hydrogens (tertiary/aromatic N) is 2. The Bertz CT molecular complexity index is 777. The number of rotatable bonds is 8. The van der Waals surface area contributed by atoms with Crippen molar-refractivity contribution in [2.75, 3.05) is 32.8 Å². The number of hydrogen-bond acceptors (Lipinski definition) is 6. The van der Waals surface area contributed by atoms with Crippen LogP contribution < -0.4 is 5.32 Å². The average molecular weight is 478 g/mol. The Morgan fingerprint density at radius 1 is 1.09 bits per heavy atom. The monoisotopic (exact) mass is 477 g/mol.